The predicted octanol–water partition coefficient (Wildman–Crippen LogP) is 2.51. The van der Waals surface area contributed by atoms with Gasteiger partial charge in [-0.3, -0.25) is 0 Å². The maximum absolute atomic E-state index is 5.66. The quantitative estimate of drug-likeness (QED) is 0.302. The van der Waals surface area contributed by atoms with E-state index in [1.54, 1.807) is 44.1 Å². The molecule has 8 nitrogen and oxygen atoms in total. The summed E-state index contributed by atoms with van der Waals surface area (Å²) in [5.74, 6) is 0. The van der Waals surface area contributed by atoms with Crippen LogP contribution < -0.4 is 0 Å². The van der Waals surface area contributed by atoms with Crippen LogP contribution in [0.3, 0.4) is 0 Å². The van der Waals surface area contributed by atoms with Gasteiger partial charge in [0.05, 0.1) is 20.8 Å². The van der Waals surface area contributed by atoms with E-state index in [9.17, 15) is 0 Å². The third-order valence-corrected chi connectivity index (χ3v) is 2.38. The van der Waals surface area contributed by atoms with Gasteiger partial charge in [-0.2, -0.15) is 3.17 Å². The van der Waals surface area contributed by atoms with E-state index in [2.05, 4.69) is 26.3 Å². The summed E-state index contributed by atoms with van der Waals surface area (Å²) in [5, 5.41) is 2.35. The van der Waals surface area contributed by atoms with Crippen LogP contribution in [0.1, 0.15) is 0 Å². The molecule has 0 fully saturated rings. The molecule has 9 heteroatoms. The van der Waals surface area contributed by atoms with Crippen molar-refractivity contribution in [3.63, 3.8) is 0 Å². The Morgan fingerprint density at radius 2 is 1.45 bits per heavy atom. The van der Waals surface area contributed by atoms with E-state index in [1.165, 1.54) is 29.9 Å². The van der Waals surface area contributed by atoms with Crippen molar-refractivity contribution in [2.75, 3.05) is 21.1 Å². The molecule has 2 unspecified atom stereocenters. The minimum atomic E-state index is -0.539. The highest BCUT2D eigenvalue weighted by atomic mass is 127. The number of hydrogen-bond donors (Lipinski definition) is 0. The second-order valence-electron chi connectivity index (χ2n) is 3.69. The Kier molecular flexibility index (Phi) is 7.96. The normalized spacial score (nSPS) is 16.4. The molecule has 0 aromatic rings. The summed E-state index contributed by atoms with van der Waals surface area (Å²) < 4.78 is 4.87. The van der Waals surface area contributed by atoms with E-state index in [-0.39, 0.29) is 0 Å². The SMILES string of the molecule is C=CN(C)O[N+](C)(C=C)O[N+](C)(C=C)ON(C=C)OI. The minimum absolute atomic E-state index is 0.475. The topological polar surface area (TPSA) is 43.4 Å². The Bertz CT molecular complexity index is 370. The number of halogens is 1. The molecule has 2 atom stereocenters. The van der Waals surface area contributed by atoms with E-state index in [0.717, 1.165) is 5.23 Å². The van der Waals surface area contributed by atoms with Crippen molar-refractivity contribution in [1.82, 2.24) is 10.3 Å². The summed E-state index contributed by atoms with van der Waals surface area (Å²) in [4.78, 5) is 15.5. The van der Waals surface area contributed by atoms with Gasteiger partial charge in [-0.25, -0.2) is 5.06 Å². The fourth-order valence-corrected chi connectivity index (χ4v) is 1.24. The van der Waals surface area contributed by atoms with Gasteiger partial charge in [-0.1, -0.05) is 18.4 Å². The van der Waals surface area contributed by atoms with Crippen LogP contribution in [0.5, 0.6) is 0 Å². The van der Waals surface area contributed by atoms with Gasteiger partial charge in [-0.15, -0.1) is 0 Å². The van der Waals surface area contributed by atoms with Crippen molar-refractivity contribution in [3.05, 3.63) is 51.1 Å². The fourth-order valence-electron chi connectivity index (χ4n) is 1.01. The molecule has 0 rings (SSSR count). The van der Waals surface area contributed by atoms with Crippen molar-refractivity contribution in [1.29, 1.82) is 0 Å². The lowest BCUT2D eigenvalue weighted by Crippen LogP contribution is -2.54. The summed E-state index contributed by atoms with van der Waals surface area (Å²) in [6, 6.07) is 0. The van der Waals surface area contributed by atoms with Gasteiger partial charge in [0.25, 0.3) is 0 Å². The van der Waals surface area contributed by atoms with Crippen molar-refractivity contribution in [2.45, 2.75) is 0 Å². The van der Waals surface area contributed by atoms with E-state index in [1.807, 2.05) is 0 Å². The molecule has 0 aliphatic rings. The number of quaternary nitrogens is 2. The third kappa shape index (κ3) is 6.00. The standard InChI is InChI=1S/C11H21IN4O4/c1-8-13(5)18-15(6,10-3)20-16(7,11-4)19-14(9-2)17-12/h8-11H,1-4H2,5-7H3/q+2. The van der Waals surface area contributed by atoms with Crippen molar-refractivity contribution < 1.29 is 27.6 Å². The molecule has 0 aromatic heterocycles. The second kappa shape index (κ2) is 8.36. The highest BCUT2D eigenvalue weighted by Gasteiger charge is 2.42. The van der Waals surface area contributed by atoms with Gasteiger partial charge in [0.15, 0.2) is 12.4 Å². The molecule has 114 valence electrons. The van der Waals surface area contributed by atoms with Crippen LogP contribution in [0.25, 0.3) is 0 Å². The number of hydrogen-bond acceptors (Lipinski definition) is 6. The van der Waals surface area contributed by atoms with E-state index < -0.39 is 9.62 Å². The number of rotatable bonds is 11. The lowest BCUT2D eigenvalue weighted by molar-refractivity contribution is -1.44. The third-order valence-electron chi connectivity index (χ3n) is 2.00. The first-order chi connectivity index (χ1) is 9.28. The molecule has 0 spiro atoms. The van der Waals surface area contributed by atoms with Crippen molar-refractivity contribution in [2.24, 2.45) is 0 Å². The first kappa shape index (κ1) is 19.1. The van der Waals surface area contributed by atoms with Crippen molar-refractivity contribution >= 4 is 23.0 Å². The average Bonchev–Trinajstić information content (AvgIpc) is 2.44. The van der Waals surface area contributed by atoms with E-state index in [0.29, 0.717) is 0 Å². The molecule has 20 heavy (non-hydrogen) atoms. The number of nitrogens with zero attached hydrogens (tertiary/aromatic N) is 4. The zero-order valence-corrected chi connectivity index (χ0v) is 14.1. The Labute approximate surface area is 133 Å². The molecule has 0 aliphatic carbocycles. The summed E-state index contributed by atoms with van der Waals surface area (Å²) in [7, 11) is 4.81. The lowest BCUT2D eigenvalue weighted by Gasteiger charge is -2.31. The zero-order valence-electron chi connectivity index (χ0n) is 11.9. The van der Waals surface area contributed by atoms with Gasteiger partial charge in [0.1, 0.15) is 37.1 Å². The van der Waals surface area contributed by atoms with Gasteiger partial charge in [0.2, 0.25) is 0 Å². The lowest BCUT2D eigenvalue weighted by atomic mass is 10.9. The van der Waals surface area contributed by atoms with Gasteiger partial charge in [0, 0.05) is 13.2 Å². The fraction of sp³-hybridized carbons (Fsp3) is 0.273. The first-order valence-electron chi connectivity index (χ1n) is 5.44. The second-order valence-corrected chi connectivity index (χ2v) is 4.09. The molecule has 0 aliphatic heterocycles. The first-order valence-corrected chi connectivity index (χ1v) is 6.32. The van der Waals surface area contributed by atoms with Crippen LogP contribution >= 0.6 is 23.0 Å². The maximum Gasteiger partial charge on any atom is 0.165 e. The van der Waals surface area contributed by atoms with Crippen LogP contribution in [0.15, 0.2) is 51.1 Å². The highest BCUT2D eigenvalue weighted by molar-refractivity contribution is 14.1. The monoisotopic (exact) mass is 400 g/mol. The molecule has 0 N–H and O–H groups in total. The Morgan fingerprint density at radius 3 is 1.80 bits per heavy atom. The molecule has 0 amide bonds. The van der Waals surface area contributed by atoms with Gasteiger partial charge >= 0.3 is 0 Å². The average molecular weight is 400 g/mol. The Hall–Kier alpha value is -0.950. The Morgan fingerprint density at radius 1 is 0.950 bits per heavy atom. The van der Waals surface area contributed by atoms with Crippen LogP contribution in [-0.4, -0.2) is 41.1 Å². The number of hydroxylamine groups is 12. The summed E-state index contributed by atoms with van der Waals surface area (Å²) >= 11 is 1.63. The van der Waals surface area contributed by atoms with Crippen LogP contribution in [0.4, 0.5) is 0 Å². The molecule has 0 heterocycles. The molecule has 0 aromatic carbocycles. The van der Waals surface area contributed by atoms with Gasteiger partial charge < -0.3 is 0 Å². The maximum atomic E-state index is 5.66. The molecular weight excluding hydrogens is 379 g/mol. The van der Waals surface area contributed by atoms with E-state index >= 15 is 0 Å². The predicted molar refractivity (Wildman–Crippen MR) is 81.1 cm³/mol. The van der Waals surface area contributed by atoms with Crippen molar-refractivity contribution in [3.8, 4) is 0 Å². The summed E-state index contributed by atoms with van der Waals surface area (Å²) in [6.07, 6.45) is 5.56. The van der Waals surface area contributed by atoms with Gasteiger partial charge in [-0.05, 0) is 23.0 Å². The molecule has 0 bridgehead atoms. The van der Waals surface area contributed by atoms with E-state index in [4.69, 9.17) is 18.0 Å². The van der Waals surface area contributed by atoms with Crippen LogP contribution in [0.2, 0.25) is 0 Å². The van der Waals surface area contributed by atoms with Crippen LogP contribution in [0, 0.1) is 0 Å². The largest absolute Gasteiger partial charge is 0.208 e. The molecule has 0 saturated heterocycles. The molecule has 0 saturated carbocycles. The molecular formula is C11H21IN4O4+2. The minimum Gasteiger partial charge on any atom is -0.208 e. The zero-order chi connectivity index (χ0) is 15.8. The highest BCUT2D eigenvalue weighted by Crippen LogP contribution is 2.20. The molecule has 0 radical (unpaired) electrons. The smallest absolute Gasteiger partial charge is 0.165 e. The summed E-state index contributed by atoms with van der Waals surface area (Å²) in [5.41, 5.74) is 0. The van der Waals surface area contributed by atoms with Crippen LogP contribution in [-0.2, 0) is 18.0 Å². The summed E-state index contributed by atoms with van der Waals surface area (Å²) in [6.45, 7) is 14.4. The Balaban J connectivity index is 5.04.